The monoisotopic (exact) mass is 1020 g/mol. The maximum Gasteiger partial charge on any atom is 0.214 e. The van der Waals surface area contributed by atoms with Gasteiger partial charge in [0.15, 0.2) is 29.3 Å². The minimum Gasteiger partial charge on any atom is -0.493 e. The number of para-hydroxylation sites is 1. The number of allylic oxidation sites excluding steroid dienone is 2. The molecule has 398 valence electrons. The third kappa shape index (κ3) is 18.4. The zero-order valence-corrected chi connectivity index (χ0v) is 44.2. The molecule has 0 radical (unpaired) electrons. The summed E-state index contributed by atoms with van der Waals surface area (Å²) in [5.74, 6) is 2.16. The van der Waals surface area contributed by atoms with Crippen LogP contribution in [0.3, 0.4) is 0 Å². The van der Waals surface area contributed by atoms with Crippen molar-refractivity contribution < 1.29 is 47.7 Å². The summed E-state index contributed by atoms with van der Waals surface area (Å²) in [6.45, 7) is 5.93. The minimum absolute atomic E-state index is 0.00231. The standard InChI is InChI=1S/C45H49N5O6.3C3H7NO.C2H4O/c1-29-14-42(53-4)44(21-38(29)47-24-37-19-33-11-7-9-13-41(33)50(37)28-52)55-26-30-15-31(17-35(16-30)46-2)27-56-45-22-39(34(25-51)20-43(45)54-5)48-23-36-18-32-10-6-8-12-40(32)49(36)3;3*1-4-2-3-5;1-2-3/h7-9,11-17,20-23,25,28,36-37,46-47H,6,10,18-19,24,26-27H2,1-5H3;3*3-4H,2H2,1H3;2H,1H3/t36-,37?;;;;/m0..../s1. The summed E-state index contributed by atoms with van der Waals surface area (Å²) in [5.41, 5.74) is 10.5. The van der Waals surface area contributed by atoms with Crippen LogP contribution in [0.5, 0.6) is 23.0 Å². The lowest BCUT2D eigenvalue weighted by molar-refractivity contribution is -0.108. The number of fused-ring (bicyclic) bond motifs is 1. The number of hydrogen-bond donors (Lipinski definition) is 5. The quantitative estimate of drug-likeness (QED) is 0.0422. The number of nitrogens with zero attached hydrogens (tertiary/aromatic N) is 3. The van der Waals surface area contributed by atoms with E-state index in [9.17, 15) is 24.0 Å². The predicted molar refractivity (Wildman–Crippen MR) is 293 cm³/mol. The number of likely N-dealkylation sites (N-methyl/N-ethyl adjacent to an activating group) is 4. The molecule has 74 heavy (non-hydrogen) atoms. The lowest BCUT2D eigenvalue weighted by Crippen LogP contribution is -2.36. The highest BCUT2D eigenvalue weighted by Gasteiger charge is 2.29. The Morgan fingerprint density at radius 1 is 0.743 bits per heavy atom. The SMILES string of the molecule is CC=O.CNCC=O.CNCC=O.CNCC=O.CNc1cc(COc2cc(N=C[C@@H]3CC4=C(C=CCC4)N3C)c(C=O)cc2OC)cc(COc2cc(NCC3Cc4ccccc4N3C=O)c(C)cc2OC)c1. The van der Waals surface area contributed by atoms with Crippen LogP contribution in [-0.2, 0) is 43.6 Å². The molecule has 0 spiro atoms. The van der Waals surface area contributed by atoms with Gasteiger partial charge in [-0.3, -0.25) is 14.6 Å². The Kier molecular flexibility index (Phi) is 27.8. The summed E-state index contributed by atoms with van der Waals surface area (Å²) >= 11 is 0. The van der Waals surface area contributed by atoms with Crippen molar-refractivity contribution in [3.63, 3.8) is 0 Å². The molecular formula is C56H74N8O10. The molecule has 2 aliphatic heterocycles. The van der Waals surface area contributed by atoms with Crippen molar-refractivity contribution in [1.29, 1.82) is 0 Å². The number of methoxy groups -OCH3 is 2. The molecule has 2 atom stereocenters. The molecule has 7 rings (SSSR count). The van der Waals surface area contributed by atoms with E-state index in [-0.39, 0.29) is 25.3 Å². The fourth-order valence-corrected chi connectivity index (χ4v) is 8.00. The first-order chi connectivity index (χ1) is 36.0. The Labute approximate surface area is 435 Å². The second kappa shape index (κ2) is 33.9. The third-order valence-corrected chi connectivity index (χ3v) is 11.7. The Morgan fingerprint density at radius 3 is 1.86 bits per heavy atom. The molecule has 1 amide bonds. The normalized spacial score (nSPS) is 14.7. The highest BCUT2D eigenvalue weighted by Crippen LogP contribution is 2.38. The lowest BCUT2D eigenvalue weighted by Gasteiger charge is -2.23. The van der Waals surface area contributed by atoms with E-state index in [4.69, 9.17) is 28.7 Å². The van der Waals surface area contributed by atoms with Crippen molar-refractivity contribution in [2.75, 3.05) is 91.2 Å². The zero-order chi connectivity index (χ0) is 54.3. The van der Waals surface area contributed by atoms with Gasteiger partial charge in [0, 0.05) is 67.3 Å². The van der Waals surface area contributed by atoms with Crippen LogP contribution < -0.4 is 50.4 Å². The van der Waals surface area contributed by atoms with E-state index >= 15 is 0 Å². The highest BCUT2D eigenvalue weighted by atomic mass is 16.5. The minimum atomic E-state index is 0.00231. The van der Waals surface area contributed by atoms with Gasteiger partial charge in [-0.05, 0) is 131 Å². The summed E-state index contributed by atoms with van der Waals surface area (Å²) in [7, 11) is 12.3. The van der Waals surface area contributed by atoms with Crippen LogP contribution in [0.4, 0.5) is 22.7 Å². The van der Waals surface area contributed by atoms with E-state index in [1.807, 2.05) is 68.7 Å². The molecule has 3 aliphatic rings. The summed E-state index contributed by atoms with van der Waals surface area (Å²) in [6, 6.07) is 21.6. The molecular weight excluding hydrogens is 945 g/mol. The molecule has 18 nitrogen and oxygen atoms in total. The maximum absolute atomic E-state index is 12.1. The van der Waals surface area contributed by atoms with Gasteiger partial charge < -0.3 is 74.5 Å². The number of rotatable bonds is 22. The smallest absolute Gasteiger partial charge is 0.214 e. The van der Waals surface area contributed by atoms with Crippen molar-refractivity contribution in [2.45, 2.75) is 64.8 Å². The summed E-state index contributed by atoms with van der Waals surface area (Å²) < 4.78 is 24.1. The number of benzene rings is 4. The van der Waals surface area contributed by atoms with Crippen LogP contribution >= 0.6 is 0 Å². The molecule has 0 saturated heterocycles. The Bertz CT molecular complexity index is 2510. The number of aldehydes is 5. The van der Waals surface area contributed by atoms with Gasteiger partial charge >= 0.3 is 0 Å². The number of amides is 1. The van der Waals surface area contributed by atoms with E-state index in [0.717, 1.165) is 97.3 Å². The predicted octanol–water partition coefficient (Wildman–Crippen LogP) is 6.45. The number of aryl methyl sites for hydroxylation is 1. The average Bonchev–Trinajstić information content (AvgIpc) is 3.95. The van der Waals surface area contributed by atoms with Crippen molar-refractivity contribution in [3.05, 3.63) is 118 Å². The molecule has 18 heteroatoms. The van der Waals surface area contributed by atoms with Crippen molar-refractivity contribution in [2.24, 2.45) is 4.99 Å². The van der Waals surface area contributed by atoms with Gasteiger partial charge in [0.25, 0.3) is 0 Å². The maximum atomic E-state index is 12.1. The Hall–Kier alpha value is -7.67. The van der Waals surface area contributed by atoms with Gasteiger partial charge in [-0.25, -0.2) is 0 Å². The zero-order valence-electron chi connectivity index (χ0n) is 44.2. The molecule has 4 aromatic carbocycles. The number of carbonyl (C=O) groups is 6. The molecule has 5 N–H and O–H groups in total. The van der Waals surface area contributed by atoms with Crippen LogP contribution in [0.15, 0.2) is 95.1 Å². The molecule has 0 bridgehead atoms. The van der Waals surface area contributed by atoms with E-state index in [0.29, 0.717) is 60.4 Å². The molecule has 2 heterocycles. The third-order valence-electron chi connectivity index (χ3n) is 11.7. The number of nitrogens with one attached hydrogen (secondary N) is 5. The fraction of sp³-hybridized carbons (Fsp3) is 0.375. The van der Waals surface area contributed by atoms with E-state index in [1.54, 1.807) is 52.4 Å². The van der Waals surface area contributed by atoms with Gasteiger partial charge in [-0.1, -0.05) is 24.3 Å². The topological polar surface area (TPSA) is 218 Å². The van der Waals surface area contributed by atoms with E-state index < -0.39 is 0 Å². The first kappa shape index (κ1) is 60.6. The molecule has 0 saturated carbocycles. The van der Waals surface area contributed by atoms with Gasteiger partial charge in [-0.15, -0.1) is 0 Å². The van der Waals surface area contributed by atoms with Crippen molar-refractivity contribution >= 4 is 66.8 Å². The number of anilines is 3. The first-order valence-electron chi connectivity index (χ1n) is 24.3. The van der Waals surface area contributed by atoms with Crippen LogP contribution in [0.1, 0.15) is 58.8 Å². The fourth-order valence-electron chi connectivity index (χ4n) is 8.00. The highest BCUT2D eigenvalue weighted by molar-refractivity contribution is 5.87. The molecule has 1 unspecified atom stereocenters. The van der Waals surface area contributed by atoms with Gasteiger partial charge in [0.05, 0.1) is 51.6 Å². The summed E-state index contributed by atoms with van der Waals surface area (Å²) in [6.07, 6.45) is 15.1. The Morgan fingerprint density at radius 2 is 1.34 bits per heavy atom. The number of carbonyl (C=O) groups excluding carboxylic acids is 6. The van der Waals surface area contributed by atoms with Crippen LogP contribution in [0.2, 0.25) is 0 Å². The van der Waals surface area contributed by atoms with E-state index in [2.05, 4.69) is 56.7 Å². The number of hydrogen-bond acceptors (Lipinski definition) is 17. The van der Waals surface area contributed by atoms with Gasteiger partial charge in [0.1, 0.15) is 38.4 Å². The summed E-state index contributed by atoms with van der Waals surface area (Å²) in [4.78, 5) is 69.8. The molecule has 4 aromatic rings. The number of aliphatic imine (C=N–C) groups is 1. The Balaban J connectivity index is 0.000000693. The second-order valence-electron chi connectivity index (χ2n) is 16.7. The van der Waals surface area contributed by atoms with Crippen LogP contribution in [0, 0.1) is 6.92 Å². The molecule has 0 aromatic heterocycles. The van der Waals surface area contributed by atoms with Gasteiger partial charge in [0.2, 0.25) is 6.41 Å². The van der Waals surface area contributed by atoms with Crippen molar-refractivity contribution in [1.82, 2.24) is 20.9 Å². The second-order valence-corrected chi connectivity index (χ2v) is 16.7. The van der Waals surface area contributed by atoms with Crippen molar-refractivity contribution in [3.8, 4) is 23.0 Å². The van der Waals surface area contributed by atoms with E-state index in [1.165, 1.54) is 23.8 Å². The first-order valence-corrected chi connectivity index (χ1v) is 24.3. The lowest BCUT2D eigenvalue weighted by atomic mass is 10.0. The van der Waals surface area contributed by atoms with Crippen LogP contribution in [0.25, 0.3) is 0 Å². The average molecular weight is 1020 g/mol. The summed E-state index contributed by atoms with van der Waals surface area (Å²) in [5, 5.41) is 14.7. The number of ether oxygens (including phenoxy) is 4. The largest absolute Gasteiger partial charge is 0.493 e. The van der Waals surface area contributed by atoms with Crippen LogP contribution in [-0.4, -0.2) is 137 Å². The molecule has 1 aliphatic carbocycles. The van der Waals surface area contributed by atoms with Gasteiger partial charge in [-0.2, -0.15) is 0 Å². The molecule has 0 fully saturated rings.